The topological polar surface area (TPSA) is 56.6 Å². The van der Waals surface area contributed by atoms with Crippen LogP contribution in [0, 0.1) is 0 Å². The lowest BCUT2D eigenvalue weighted by molar-refractivity contribution is 0.213. The lowest BCUT2D eigenvalue weighted by atomic mass is 10.3. The van der Waals surface area contributed by atoms with Crippen LogP contribution in [-0.4, -0.2) is 40.8 Å². The van der Waals surface area contributed by atoms with Gasteiger partial charge in [-0.05, 0) is 39.1 Å². The number of nitrogens with zero attached hydrogens (tertiary/aromatic N) is 3. The maximum Gasteiger partial charge on any atom is 0.350 e. The molecule has 0 saturated carbocycles. The number of aromatic nitrogens is 2. The fourth-order valence-electron chi connectivity index (χ4n) is 2.74. The Labute approximate surface area is 144 Å². The van der Waals surface area contributed by atoms with Crippen molar-refractivity contribution < 1.29 is 13.6 Å². The number of fused-ring (bicyclic) bond motifs is 1. The van der Waals surface area contributed by atoms with E-state index in [2.05, 4.69) is 18.7 Å². The summed E-state index contributed by atoms with van der Waals surface area (Å²) in [6, 6.07) is 7.90. The molecule has 2 aromatic rings. The average Bonchev–Trinajstić information content (AvgIpc) is 2.90. The van der Waals surface area contributed by atoms with Gasteiger partial charge in [0.05, 0.1) is 30.8 Å². The predicted octanol–water partition coefficient (Wildman–Crippen LogP) is 4.10. The standard InChI is InChI=1S/C17H28N3O3P/c1-5-19(6-2)13-17-18-15-11-9-10-12-16(15)20(17)14-24(21,22-7-3)23-8-4/h9-12H,5-8,13-14H2,1-4H3. The molecule has 24 heavy (non-hydrogen) atoms. The van der Waals surface area contributed by atoms with Gasteiger partial charge in [-0.25, -0.2) is 4.98 Å². The second-order valence-corrected chi connectivity index (χ2v) is 7.52. The van der Waals surface area contributed by atoms with Crippen molar-refractivity contribution >= 4 is 18.6 Å². The Morgan fingerprint density at radius 3 is 2.29 bits per heavy atom. The van der Waals surface area contributed by atoms with Gasteiger partial charge < -0.3 is 13.6 Å². The minimum absolute atomic E-state index is 0.186. The molecule has 0 bridgehead atoms. The quantitative estimate of drug-likeness (QED) is 0.602. The molecule has 6 nitrogen and oxygen atoms in total. The Morgan fingerprint density at radius 2 is 1.71 bits per heavy atom. The molecule has 1 heterocycles. The summed E-state index contributed by atoms with van der Waals surface area (Å²) >= 11 is 0. The number of rotatable bonds is 10. The van der Waals surface area contributed by atoms with Crippen LogP contribution in [-0.2, 0) is 26.4 Å². The molecule has 134 valence electrons. The Balaban J connectivity index is 2.43. The van der Waals surface area contributed by atoms with Gasteiger partial charge in [-0.2, -0.15) is 0 Å². The summed E-state index contributed by atoms with van der Waals surface area (Å²) < 4.78 is 25.9. The van der Waals surface area contributed by atoms with Crippen molar-refractivity contribution in [3.63, 3.8) is 0 Å². The summed E-state index contributed by atoms with van der Waals surface area (Å²) in [6.45, 7) is 11.2. The van der Waals surface area contributed by atoms with Crippen molar-refractivity contribution in [3.05, 3.63) is 30.1 Å². The van der Waals surface area contributed by atoms with Crippen LogP contribution in [0.1, 0.15) is 33.5 Å². The van der Waals surface area contributed by atoms with Gasteiger partial charge in [-0.3, -0.25) is 9.46 Å². The highest BCUT2D eigenvalue weighted by molar-refractivity contribution is 7.52. The van der Waals surface area contributed by atoms with E-state index in [1.165, 1.54) is 0 Å². The third-order valence-corrected chi connectivity index (χ3v) is 5.89. The maximum atomic E-state index is 13.0. The van der Waals surface area contributed by atoms with Crippen molar-refractivity contribution in [2.75, 3.05) is 26.3 Å². The van der Waals surface area contributed by atoms with Crippen LogP contribution in [0.5, 0.6) is 0 Å². The largest absolute Gasteiger partial charge is 0.350 e. The van der Waals surface area contributed by atoms with Crippen molar-refractivity contribution in [3.8, 4) is 0 Å². The minimum atomic E-state index is -3.20. The molecule has 0 amide bonds. The summed E-state index contributed by atoms with van der Waals surface area (Å²) in [4.78, 5) is 7.02. The average molecular weight is 353 g/mol. The Hall–Kier alpha value is -1.20. The summed E-state index contributed by atoms with van der Waals surface area (Å²) in [5.41, 5.74) is 1.86. The van der Waals surface area contributed by atoms with Crippen molar-refractivity contribution in [1.82, 2.24) is 14.5 Å². The smallest absolute Gasteiger partial charge is 0.315 e. The van der Waals surface area contributed by atoms with Gasteiger partial charge in [-0.15, -0.1) is 0 Å². The number of hydrogen-bond acceptors (Lipinski definition) is 5. The number of imidazole rings is 1. The SMILES string of the molecule is CCOP(=O)(Cn1c(CN(CC)CC)nc2ccccc21)OCC. The van der Waals surface area contributed by atoms with E-state index in [-0.39, 0.29) is 6.29 Å². The van der Waals surface area contributed by atoms with Crippen molar-refractivity contribution in [2.45, 2.75) is 40.5 Å². The molecular weight excluding hydrogens is 325 g/mol. The number of hydrogen-bond donors (Lipinski definition) is 0. The molecule has 0 spiro atoms. The van der Waals surface area contributed by atoms with E-state index >= 15 is 0 Å². The third-order valence-electron chi connectivity index (χ3n) is 3.96. The van der Waals surface area contributed by atoms with E-state index in [1.807, 2.05) is 42.7 Å². The second kappa shape index (κ2) is 8.77. The molecule has 2 rings (SSSR count). The monoisotopic (exact) mass is 353 g/mol. The first-order chi connectivity index (χ1) is 11.6. The van der Waals surface area contributed by atoms with Crippen LogP contribution in [0.3, 0.4) is 0 Å². The van der Waals surface area contributed by atoms with Crippen LogP contribution in [0.25, 0.3) is 11.0 Å². The molecule has 0 N–H and O–H groups in total. The lowest BCUT2D eigenvalue weighted by Gasteiger charge is -2.21. The van der Waals surface area contributed by atoms with E-state index in [0.29, 0.717) is 19.8 Å². The van der Waals surface area contributed by atoms with Gasteiger partial charge in [0, 0.05) is 0 Å². The highest BCUT2D eigenvalue weighted by Gasteiger charge is 2.27. The second-order valence-electron chi connectivity index (χ2n) is 5.49. The highest BCUT2D eigenvalue weighted by atomic mass is 31.2. The van der Waals surface area contributed by atoms with Crippen LogP contribution >= 0.6 is 7.60 Å². The summed E-state index contributed by atoms with van der Waals surface area (Å²) in [5.74, 6) is 0.888. The van der Waals surface area contributed by atoms with Crippen molar-refractivity contribution in [1.29, 1.82) is 0 Å². The zero-order valence-electron chi connectivity index (χ0n) is 15.1. The van der Waals surface area contributed by atoms with Gasteiger partial charge in [0.1, 0.15) is 12.1 Å². The molecular formula is C17H28N3O3P. The predicted molar refractivity (Wildman–Crippen MR) is 97.2 cm³/mol. The Bertz CT molecular complexity index is 687. The number of benzene rings is 1. The molecule has 0 unspecified atom stereocenters. The zero-order valence-corrected chi connectivity index (χ0v) is 16.0. The maximum absolute atomic E-state index is 13.0. The molecule has 0 radical (unpaired) electrons. The van der Waals surface area contributed by atoms with E-state index in [9.17, 15) is 4.57 Å². The first-order valence-electron chi connectivity index (χ1n) is 8.61. The fraction of sp³-hybridized carbons (Fsp3) is 0.588. The van der Waals surface area contributed by atoms with E-state index in [4.69, 9.17) is 14.0 Å². The summed E-state index contributed by atoms with van der Waals surface area (Å²) in [6.07, 6.45) is 0.186. The molecule has 0 saturated heterocycles. The van der Waals surface area contributed by atoms with Crippen molar-refractivity contribution in [2.24, 2.45) is 0 Å². The van der Waals surface area contributed by atoms with Crippen LogP contribution in [0.2, 0.25) is 0 Å². The Kier molecular flexibility index (Phi) is 6.99. The van der Waals surface area contributed by atoms with Crippen LogP contribution < -0.4 is 0 Å². The normalized spacial score (nSPS) is 12.4. The number of para-hydroxylation sites is 2. The highest BCUT2D eigenvalue weighted by Crippen LogP contribution is 2.50. The van der Waals surface area contributed by atoms with E-state index < -0.39 is 7.60 Å². The lowest BCUT2D eigenvalue weighted by Crippen LogP contribution is -2.24. The molecule has 1 aromatic carbocycles. The molecule has 1 aromatic heterocycles. The zero-order chi connectivity index (χ0) is 17.6. The van der Waals surface area contributed by atoms with Gasteiger partial charge in [0.25, 0.3) is 0 Å². The summed E-state index contributed by atoms with van der Waals surface area (Å²) in [7, 11) is -3.20. The van der Waals surface area contributed by atoms with Gasteiger partial charge in [-0.1, -0.05) is 26.0 Å². The van der Waals surface area contributed by atoms with Gasteiger partial charge >= 0.3 is 7.60 Å². The Morgan fingerprint density at radius 1 is 1.08 bits per heavy atom. The fourth-order valence-corrected chi connectivity index (χ4v) is 4.42. The molecule has 7 heteroatoms. The molecule has 0 fully saturated rings. The van der Waals surface area contributed by atoms with Crippen LogP contribution in [0.15, 0.2) is 24.3 Å². The minimum Gasteiger partial charge on any atom is -0.315 e. The third kappa shape index (κ3) is 4.45. The van der Waals surface area contributed by atoms with Gasteiger partial charge in [0.15, 0.2) is 0 Å². The first kappa shape index (κ1) is 19.1. The molecule has 0 aliphatic carbocycles. The van der Waals surface area contributed by atoms with Crippen LogP contribution in [0.4, 0.5) is 0 Å². The first-order valence-corrected chi connectivity index (χ1v) is 10.3. The molecule has 0 aliphatic rings. The molecule has 0 atom stereocenters. The summed E-state index contributed by atoms with van der Waals surface area (Å²) in [5, 5.41) is 0. The van der Waals surface area contributed by atoms with E-state index in [1.54, 1.807) is 0 Å². The van der Waals surface area contributed by atoms with Gasteiger partial charge in [0.2, 0.25) is 0 Å². The van der Waals surface area contributed by atoms with E-state index in [0.717, 1.165) is 29.9 Å². The molecule has 0 aliphatic heterocycles.